The lowest BCUT2D eigenvalue weighted by Gasteiger charge is -2.31. The summed E-state index contributed by atoms with van der Waals surface area (Å²) in [5.41, 5.74) is 2.08. The van der Waals surface area contributed by atoms with Gasteiger partial charge in [0.1, 0.15) is 12.3 Å². The van der Waals surface area contributed by atoms with Gasteiger partial charge in [0.05, 0.1) is 10.6 Å². The van der Waals surface area contributed by atoms with E-state index in [1.165, 1.54) is 12.8 Å². The van der Waals surface area contributed by atoms with Crippen LogP contribution in [0, 0.1) is 5.82 Å². The minimum atomic E-state index is -0.458. The third-order valence-electron chi connectivity index (χ3n) is 9.21. The molecule has 0 spiro atoms. The smallest absolute Gasteiger partial charge is 0.316 e. The molecule has 3 heterocycles. The van der Waals surface area contributed by atoms with Crippen molar-refractivity contribution in [1.29, 1.82) is 0 Å². The fraction of sp³-hybridized carbons (Fsp3) is 0.455. The fourth-order valence-electron chi connectivity index (χ4n) is 7.23. The fourth-order valence-corrected chi connectivity index (χ4v) is 7.55. The van der Waals surface area contributed by atoms with Crippen LogP contribution < -0.4 is 10.6 Å². The molecule has 2 N–H and O–H groups in total. The molecule has 3 aliphatic heterocycles. The third kappa shape index (κ3) is 5.65. The molecule has 0 bridgehead atoms. The molecule has 0 amide bonds. The number of halogens is 2. The zero-order valence-electron chi connectivity index (χ0n) is 23.8. The summed E-state index contributed by atoms with van der Waals surface area (Å²) < 4.78 is 23.0. The van der Waals surface area contributed by atoms with E-state index in [4.69, 9.17) is 21.3 Å². The summed E-state index contributed by atoms with van der Waals surface area (Å²) in [4.78, 5) is 11.4. The van der Waals surface area contributed by atoms with E-state index in [-0.39, 0.29) is 23.3 Å². The SMILES string of the molecule is C=NC(=Nc1c(CC2CCC(CNC)N2)cc(Cl)c(-c2cccc3ccccc23)c1F)OCC12CCCN1CCC2. The lowest BCUT2D eigenvalue weighted by molar-refractivity contribution is 0.106. The molecule has 3 saturated heterocycles. The summed E-state index contributed by atoms with van der Waals surface area (Å²) in [7, 11) is 1.96. The molecule has 3 aromatic carbocycles. The Bertz CT molecular complexity index is 1440. The Morgan fingerprint density at radius 3 is 2.68 bits per heavy atom. The van der Waals surface area contributed by atoms with Crippen molar-refractivity contribution in [2.24, 2.45) is 9.98 Å². The highest BCUT2D eigenvalue weighted by molar-refractivity contribution is 6.34. The summed E-state index contributed by atoms with van der Waals surface area (Å²) in [6.45, 7) is 7.32. The van der Waals surface area contributed by atoms with Crippen molar-refractivity contribution >= 4 is 40.8 Å². The van der Waals surface area contributed by atoms with Gasteiger partial charge >= 0.3 is 6.02 Å². The Balaban J connectivity index is 1.39. The quantitative estimate of drug-likeness (QED) is 0.237. The number of aliphatic imine (C=N–C) groups is 2. The number of benzene rings is 3. The second-order valence-electron chi connectivity index (χ2n) is 11.7. The van der Waals surface area contributed by atoms with Crippen LogP contribution in [-0.4, -0.2) is 68.6 Å². The zero-order valence-corrected chi connectivity index (χ0v) is 24.5. The predicted octanol–water partition coefficient (Wildman–Crippen LogP) is 6.51. The van der Waals surface area contributed by atoms with Crippen LogP contribution >= 0.6 is 11.6 Å². The Morgan fingerprint density at radius 1 is 1.15 bits per heavy atom. The molecule has 0 radical (unpaired) electrons. The summed E-state index contributed by atoms with van der Waals surface area (Å²) >= 11 is 6.89. The normalized spacial score (nSPS) is 22.4. The van der Waals surface area contributed by atoms with E-state index in [1.807, 2.05) is 55.6 Å². The van der Waals surface area contributed by atoms with Crippen molar-refractivity contribution < 1.29 is 9.13 Å². The van der Waals surface area contributed by atoms with Crippen LogP contribution in [0.4, 0.5) is 10.1 Å². The molecule has 8 heteroatoms. The largest absolute Gasteiger partial charge is 0.461 e. The van der Waals surface area contributed by atoms with Gasteiger partial charge in [0.25, 0.3) is 0 Å². The van der Waals surface area contributed by atoms with Gasteiger partial charge in [-0.3, -0.25) is 4.90 Å². The van der Waals surface area contributed by atoms with E-state index in [9.17, 15) is 0 Å². The van der Waals surface area contributed by atoms with Gasteiger partial charge in [0.15, 0.2) is 5.82 Å². The zero-order chi connectivity index (χ0) is 28.4. The number of hydrogen-bond donors (Lipinski definition) is 2. The van der Waals surface area contributed by atoms with E-state index in [1.54, 1.807) is 0 Å². The second-order valence-corrected chi connectivity index (χ2v) is 12.1. The van der Waals surface area contributed by atoms with Crippen LogP contribution in [0.1, 0.15) is 44.1 Å². The highest BCUT2D eigenvalue weighted by Gasteiger charge is 2.45. The molecule has 3 fully saturated rings. The molecule has 2 unspecified atom stereocenters. The van der Waals surface area contributed by atoms with Gasteiger partial charge in [-0.15, -0.1) is 0 Å². The Morgan fingerprint density at radius 2 is 1.90 bits per heavy atom. The summed E-state index contributed by atoms with van der Waals surface area (Å²) in [5.74, 6) is -0.458. The van der Waals surface area contributed by atoms with Crippen LogP contribution in [0.5, 0.6) is 0 Å². The molecule has 3 aliphatic rings. The average Bonchev–Trinajstić information content (AvgIpc) is 3.69. The van der Waals surface area contributed by atoms with Crippen molar-refractivity contribution in [3.63, 3.8) is 0 Å². The van der Waals surface area contributed by atoms with Gasteiger partial charge in [-0.25, -0.2) is 9.38 Å². The van der Waals surface area contributed by atoms with Crippen molar-refractivity contribution in [2.45, 2.75) is 62.6 Å². The van der Waals surface area contributed by atoms with E-state index in [0.29, 0.717) is 29.7 Å². The number of ether oxygens (including phenoxy) is 1. The topological polar surface area (TPSA) is 61.3 Å². The summed E-state index contributed by atoms with van der Waals surface area (Å²) in [5, 5.41) is 9.26. The monoisotopic (exact) mass is 575 g/mol. The minimum Gasteiger partial charge on any atom is -0.461 e. The maximum atomic E-state index is 16.8. The molecule has 0 aliphatic carbocycles. The van der Waals surface area contributed by atoms with Gasteiger partial charge < -0.3 is 15.4 Å². The molecule has 6 nitrogen and oxygen atoms in total. The molecule has 0 aromatic heterocycles. The molecule has 2 atom stereocenters. The first-order valence-corrected chi connectivity index (χ1v) is 15.2. The first-order valence-electron chi connectivity index (χ1n) is 14.8. The van der Waals surface area contributed by atoms with Gasteiger partial charge in [0.2, 0.25) is 0 Å². The van der Waals surface area contributed by atoms with E-state index >= 15 is 4.39 Å². The highest BCUT2D eigenvalue weighted by atomic mass is 35.5. The number of amidine groups is 1. The Hall–Kier alpha value is -2.84. The molecule has 3 aromatic rings. The molecule has 6 rings (SSSR count). The number of nitrogens with one attached hydrogen (secondary N) is 2. The number of hydrogen-bond acceptors (Lipinski definition) is 5. The van der Waals surface area contributed by atoms with Crippen LogP contribution in [0.3, 0.4) is 0 Å². The lowest BCUT2D eigenvalue weighted by atomic mass is 9.94. The maximum Gasteiger partial charge on any atom is 0.316 e. The van der Waals surface area contributed by atoms with Crippen LogP contribution in [0.2, 0.25) is 5.02 Å². The standard InChI is InChI=1S/C33H39ClFN5O/c1-36-20-25-13-12-24(38-25)18-23-19-28(34)29(27-11-5-9-22-8-3-4-10-26(22)27)30(35)31(23)39-32(37-2)41-21-33-14-6-16-40(33)17-7-15-33/h3-5,8-11,19,24-25,36,38H,2,6-7,12-18,20-21H2,1H3. The van der Waals surface area contributed by atoms with E-state index in [2.05, 4.69) is 27.2 Å². The van der Waals surface area contributed by atoms with Crippen LogP contribution in [0.25, 0.3) is 21.9 Å². The Labute approximate surface area is 247 Å². The number of likely N-dealkylation sites (N-methyl/N-ethyl adjacent to an activating group) is 1. The van der Waals surface area contributed by atoms with E-state index in [0.717, 1.165) is 67.2 Å². The van der Waals surface area contributed by atoms with Crippen molar-refractivity contribution in [3.05, 3.63) is 64.9 Å². The molecule has 41 heavy (non-hydrogen) atoms. The summed E-state index contributed by atoms with van der Waals surface area (Å²) in [6, 6.07) is 16.4. The molecule has 216 valence electrons. The van der Waals surface area contributed by atoms with Crippen molar-refractivity contribution in [1.82, 2.24) is 15.5 Å². The Kier molecular flexibility index (Phi) is 8.40. The van der Waals surface area contributed by atoms with Crippen molar-refractivity contribution in [2.75, 3.05) is 33.3 Å². The van der Waals surface area contributed by atoms with Gasteiger partial charge in [-0.1, -0.05) is 54.1 Å². The number of fused-ring (bicyclic) bond motifs is 2. The molecular formula is C33H39ClFN5O. The predicted molar refractivity (Wildman–Crippen MR) is 167 cm³/mol. The maximum absolute atomic E-state index is 16.8. The van der Waals surface area contributed by atoms with Crippen LogP contribution in [-0.2, 0) is 11.2 Å². The van der Waals surface area contributed by atoms with E-state index < -0.39 is 5.82 Å². The first kappa shape index (κ1) is 28.3. The molecular weight excluding hydrogens is 537 g/mol. The second kappa shape index (κ2) is 12.2. The van der Waals surface area contributed by atoms with Crippen LogP contribution in [0.15, 0.2) is 58.5 Å². The third-order valence-corrected chi connectivity index (χ3v) is 9.50. The van der Waals surface area contributed by atoms with Gasteiger partial charge in [-0.2, -0.15) is 4.99 Å². The van der Waals surface area contributed by atoms with Crippen molar-refractivity contribution in [3.8, 4) is 11.1 Å². The number of nitrogens with zero attached hydrogens (tertiary/aromatic N) is 3. The lowest BCUT2D eigenvalue weighted by Crippen LogP contribution is -2.42. The average molecular weight is 576 g/mol. The minimum absolute atomic E-state index is 0.0248. The number of rotatable bonds is 8. The highest BCUT2D eigenvalue weighted by Crippen LogP contribution is 2.43. The van der Waals surface area contributed by atoms with Gasteiger partial charge in [-0.05, 0) is 99.8 Å². The first-order chi connectivity index (χ1) is 20.0. The van der Waals surface area contributed by atoms with Gasteiger partial charge in [0, 0.05) is 24.2 Å². The molecule has 0 saturated carbocycles. The summed E-state index contributed by atoms with van der Waals surface area (Å²) in [6.07, 6.45) is 7.22.